The number of esters is 1. The number of hydrogen-bond donors (Lipinski definition) is 2. The van der Waals surface area contributed by atoms with Crippen molar-refractivity contribution >= 4 is 16.9 Å². The molecule has 1 aromatic heterocycles. The van der Waals surface area contributed by atoms with E-state index in [2.05, 4.69) is 4.98 Å². The van der Waals surface area contributed by atoms with Crippen molar-refractivity contribution in [3.05, 3.63) is 39.7 Å². The number of nitrogens with one attached hydrogen (secondary N) is 1. The highest BCUT2D eigenvalue weighted by Gasteiger charge is 2.27. The second-order valence-corrected chi connectivity index (χ2v) is 4.92. The van der Waals surface area contributed by atoms with E-state index in [1.807, 2.05) is 0 Å². The SMILES string of the molecule is CCOC(=O)c1cc2c(c3ccc(=O)[nH]c13)OC(CN)C2. The molecule has 3 rings (SSSR count). The van der Waals surface area contributed by atoms with Gasteiger partial charge in [0.1, 0.15) is 11.9 Å². The van der Waals surface area contributed by atoms with Crippen LogP contribution in [0.15, 0.2) is 23.0 Å². The third kappa shape index (κ3) is 2.27. The average Bonchev–Trinajstić information content (AvgIpc) is 2.89. The number of benzene rings is 1. The van der Waals surface area contributed by atoms with Gasteiger partial charge >= 0.3 is 5.97 Å². The molecule has 0 bridgehead atoms. The molecule has 0 radical (unpaired) electrons. The molecule has 110 valence electrons. The number of fused-ring (bicyclic) bond motifs is 3. The van der Waals surface area contributed by atoms with Gasteiger partial charge in [-0.25, -0.2) is 4.79 Å². The Morgan fingerprint density at radius 2 is 2.33 bits per heavy atom. The van der Waals surface area contributed by atoms with Gasteiger partial charge < -0.3 is 20.2 Å². The molecule has 6 heteroatoms. The molecule has 0 fully saturated rings. The largest absolute Gasteiger partial charge is 0.488 e. The third-order valence-corrected chi connectivity index (χ3v) is 3.53. The van der Waals surface area contributed by atoms with Crippen LogP contribution in [0, 0.1) is 0 Å². The van der Waals surface area contributed by atoms with Gasteiger partial charge in [-0.05, 0) is 24.6 Å². The predicted molar refractivity (Wildman–Crippen MR) is 77.7 cm³/mol. The Bertz CT molecular complexity index is 766. The molecule has 0 aliphatic carbocycles. The molecule has 0 spiro atoms. The zero-order valence-electron chi connectivity index (χ0n) is 11.6. The summed E-state index contributed by atoms with van der Waals surface area (Å²) in [5, 5.41) is 0.700. The Morgan fingerprint density at radius 1 is 1.52 bits per heavy atom. The molecule has 21 heavy (non-hydrogen) atoms. The quantitative estimate of drug-likeness (QED) is 0.821. The molecular weight excluding hydrogens is 272 g/mol. The lowest BCUT2D eigenvalue weighted by atomic mass is 10.0. The molecule has 0 amide bonds. The highest BCUT2D eigenvalue weighted by Crippen LogP contribution is 2.37. The van der Waals surface area contributed by atoms with Crippen molar-refractivity contribution < 1.29 is 14.3 Å². The number of nitrogens with two attached hydrogens (primary N) is 1. The first-order valence-corrected chi connectivity index (χ1v) is 6.86. The van der Waals surface area contributed by atoms with Crippen LogP contribution in [0.1, 0.15) is 22.8 Å². The summed E-state index contributed by atoms with van der Waals surface area (Å²) in [6, 6.07) is 4.80. The molecule has 6 nitrogen and oxygen atoms in total. The summed E-state index contributed by atoms with van der Waals surface area (Å²) >= 11 is 0. The number of carbonyl (C=O) groups is 1. The lowest BCUT2D eigenvalue weighted by Gasteiger charge is -2.10. The van der Waals surface area contributed by atoms with E-state index in [9.17, 15) is 9.59 Å². The zero-order valence-corrected chi connectivity index (χ0v) is 11.6. The topological polar surface area (TPSA) is 94.4 Å². The van der Waals surface area contributed by atoms with Crippen molar-refractivity contribution in [3.63, 3.8) is 0 Å². The lowest BCUT2D eigenvalue weighted by Crippen LogP contribution is -2.24. The van der Waals surface area contributed by atoms with Gasteiger partial charge in [0, 0.05) is 24.4 Å². The smallest absolute Gasteiger partial charge is 0.340 e. The first-order valence-electron chi connectivity index (χ1n) is 6.86. The Kier molecular flexibility index (Phi) is 3.39. The van der Waals surface area contributed by atoms with E-state index < -0.39 is 5.97 Å². The minimum atomic E-state index is -0.455. The van der Waals surface area contributed by atoms with Crippen LogP contribution in [0.4, 0.5) is 0 Å². The van der Waals surface area contributed by atoms with Crippen LogP contribution in [0.25, 0.3) is 10.9 Å². The van der Waals surface area contributed by atoms with Crippen molar-refractivity contribution in [1.29, 1.82) is 0 Å². The number of aromatic amines is 1. The van der Waals surface area contributed by atoms with Gasteiger partial charge in [0.2, 0.25) is 5.56 Å². The van der Waals surface area contributed by atoms with Crippen molar-refractivity contribution in [2.75, 3.05) is 13.2 Å². The zero-order chi connectivity index (χ0) is 15.0. The summed E-state index contributed by atoms with van der Waals surface area (Å²) in [6.07, 6.45) is 0.542. The first-order chi connectivity index (χ1) is 10.1. The monoisotopic (exact) mass is 288 g/mol. The highest BCUT2D eigenvalue weighted by atomic mass is 16.5. The molecule has 1 aliphatic rings. The van der Waals surface area contributed by atoms with Gasteiger partial charge in [-0.15, -0.1) is 0 Å². The molecular formula is C15H16N2O4. The minimum absolute atomic E-state index is 0.104. The molecule has 3 N–H and O–H groups in total. The lowest BCUT2D eigenvalue weighted by molar-refractivity contribution is 0.0528. The van der Waals surface area contributed by atoms with Crippen LogP contribution >= 0.6 is 0 Å². The fourth-order valence-electron chi connectivity index (χ4n) is 2.61. The number of hydrogen-bond acceptors (Lipinski definition) is 5. The standard InChI is InChI=1S/C15H16N2O4/c1-2-20-15(19)11-6-8-5-9(7-16)21-14(8)10-3-4-12(18)17-13(10)11/h3-4,6,9H,2,5,7,16H2,1H3,(H,17,18). The molecule has 1 aromatic carbocycles. The first kappa shape index (κ1) is 13.6. The van der Waals surface area contributed by atoms with Crippen molar-refractivity contribution in [2.45, 2.75) is 19.4 Å². The Balaban J connectivity index is 2.24. The van der Waals surface area contributed by atoms with Gasteiger partial charge in [-0.3, -0.25) is 4.79 Å². The molecule has 2 aromatic rings. The summed E-state index contributed by atoms with van der Waals surface area (Å²) in [6.45, 7) is 2.41. The second-order valence-electron chi connectivity index (χ2n) is 4.92. The number of rotatable bonds is 3. The summed E-state index contributed by atoms with van der Waals surface area (Å²) < 4.78 is 10.9. The van der Waals surface area contributed by atoms with E-state index in [-0.39, 0.29) is 18.3 Å². The van der Waals surface area contributed by atoms with Crippen LogP contribution < -0.4 is 16.0 Å². The normalized spacial score (nSPS) is 16.6. The van der Waals surface area contributed by atoms with E-state index >= 15 is 0 Å². The molecule has 1 atom stereocenters. The summed E-state index contributed by atoms with van der Waals surface area (Å²) in [5.41, 5.74) is 7.08. The van der Waals surface area contributed by atoms with Gasteiger partial charge in [-0.2, -0.15) is 0 Å². The molecule has 1 aliphatic heterocycles. The second kappa shape index (κ2) is 5.21. The van der Waals surface area contributed by atoms with Crippen molar-refractivity contribution in [1.82, 2.24) is 4.98 Å². The van der Waals surface area contributed by atoms with E-state index in [1.165, 1.54) is 6.07 Å². The molecule has 1 unspecified atom stereocenters. The summed E-state index contributed by atoms with van der Waals surface area (Å²) in [5.74, 6) is 0.230. The number of pyridine rings is 1. The van der Waals surface area contributed by atoms with Crippen molar-refractivity contribution in [3.8, 4) is 5.75 Å². The number of aromatic nitrogens is 1. The van der Waals surface area contributed by atoms with Crippen LogP contribution in [-0.4, -0.2) is 30.2 Å². The van der Waals surface area contributed by atoms with Gasteiger partial charge in [0.25, 0.3) is 0 Å². The van der Waals surface area contributed by atoms with E-state index in [1.54, 1.807) is 19.1 Å². The predicted octanol–water partition coefficient (Wildman–Crippen LogP) is 0.967. The molecule has 0 saturated heterocycles. The van der Waals surface area contributed by atoms with Crippen LogP contribution in [0.2, 0.25) is 0 Å². The van der Waals surface area contributed by atoms with Gasteiger partial charge in [0.15, 0.2) is 0 Å². The number of ether oxygens (including phenoxy) is 2. The fourth-order valence-corrected chi connectivity index (χ4v) is 2.61. The van der Waals surface area contributed by atoms with Crippen LogP contribution in [0.3, 0.4) is 0 Å². The van der Waals surface area contributed by atoms with E-state index in [0.717, 1.165) is 5.56 Å². The Morgan fingerprint density at radius 3 is 3.05 bits per heavy atom. The molecule has 2 heterocycles. The van der Waals surface area contributed by atoms with Crippen LogP contribution in [-0.2, 0) is 11.2 Å². The van der Waals surface area contributed by atoms with Crippen LogP contribution in [0.5, 0.6) is 5.75 Å². The average molecular weight is 288 g/mol. The highest BCUT2D eigenvalue weighted by molar-refractivity contribution is 6.05. The maximum atomic E-state index is 12.1. The minimum Gasteiger partial charge on any atom is -0.488 e. The molecule has 0 saturated carbocycles. The number of H-pyrrole nitrogens is 1. The number of carbonyl (C=O) groups excluding carboxylic acids is 1. The van der Waals surface area contributed by atoms with Gasteiger partial charge in [0.05, 0.1) is 17.7 Å². The van der Waals surface area contributed by atoms with E-state index in [0.29, 0.717) is 35.2 Å². The van der Waals surface area contributed by atoms with E-state index in [4.69, 9.17) is 15.2 Å². The summed E-state index contributed by atoms with van der Waals surface area (Å²) in [7, 11) is 0. The third-order valence-electron chi connectivity index (χ3n) is 3.53. The Labute approximate surface area is 120 Å². The van der Waals surface area contributed by atoms with Gasteiger partial charge in [-0.1, -0.05) is 0 Å². The van der Waals surface area contributed by atoms with Crippen molar-refractivity contribution in [2.24, 2.45) is 5.73 Å². The maximum absolute atomic E-state index is 12.1. The summed E-state index contributed by atoms with van der Waals surface area (Å²) in [4.78, 5) is 26.4. The Hall–Kier alpha value is -2.34. The fraction of sp³-hybridized carbons (Fsp3) is 0.333. The maximum Gasteiger partial charge on any atom is 0.340 e.